The van der Waals surface area contributed by atoms with E-state index in [1.54, 1.807) is 25.3 Å². The van der Waals surface area contributed by atoms with Crippen molar-refractivity contribution in [3.63, 3.8) is 0 Å². The average Bonchev–Trinajstić information content (AvgIpc) is 2.57. The molecular formula is C16H23NO8. The van der Waals surface area contributed by atoms with E-state index in [1.807, 2.05) is 6.92 Å². The lowest BCUT2D eigenvalue weighted by Crippen LogP contribution is -2.61. The normalized spacial score (nSPS) is 29.2. The highest BCUT2D eigenvalue weighted by Gasteiger charge is 2.48. The van der Waals surface area contributed by atoms with E-state index in [9.17, 15) is 20.1 Å². The molecule has 0 bridgehead atoms. The van der Waals surface area contributed by atoms with Crippen LogP contribution in [0.15, 0.2) is 18.2 Å². The molecule has 5 unspecified atom stereocenters. The van der Waals surface area contributed by atoms with Gasteiger partial charge >= 0.3 is 5.97 Å². The van der Waals surface area contributed by atoms with Crippen LogP contribution in [0, 0.1) is 0 Å². The molecule has 9 heteroatoms. The summed E-state index contributed by atoms with van der Waals surface area (Å²) in [5.41, 5.74) is 1.48. The third-order valence-electron chi connectivity index (χ3n) is 3.78. The Morgan fingerprint density at radius 3 is 2.56 bits per heavy atom. The fraction of sp³-hybridized carbons (Fsp3) is 0.562. The lowest BCUT2D eigenvalue weighted by Gasteiger charge is -2.38. The van der Waals surface area contributed by atoms with Crippen LogP contribution < -0.4 is 10.1 Å². The van der Waals surface area contributed by atoms with Crippen molar-refractivity contribution in [2.45, 2.75) is 44.2 Å². The quantitative estimate of drug-likeness (QED) is 0.439. The fourth-order valence-corrected chi connectivity index (χ4v) is 2.54. The van der Waals surface area contributed by atoms with Gasteiger partial charge in [-0.1, -0.05) is 6.07 Å². The van der Waals surface area contributed by atoms with Crippen molar-refractivity contribution in [3.8, 4) is 5.75 Å². The first-order valence-electron chi connectivity index (χ1n) is 7.83. The van der Waals surface area contributed by atoms with Gasteiger partial charge in [0.05, 0.1) is 12.3 Å². The minimum Gasteiger partial charge on any atom is -0.479 e. The SMILES string of the molecule is CCNc1cc(COC)ccc1OC1OC(C(=O)O)C(O)C(O)C1O. The molecule has 5 N–H and O–H groups in total. The van der Waals surface area contributed by atoms with Gasteiger partial charge in [0.25, 0.3) is 0 Å². The molecule has 1 fully saturated rings. The third kappa shape index (κ3) is 4.39. The molecule has 1 aliphatic rings. The first-order valence-corrected chi connectivity index (χ1v) is 7.83. The third-order valence-corrected chi connectivity index (χ3v) is 3.78. The van der Waals surface area contributed by atoms with Crippen molar-refractivity contribution in [2.75, 3.05) is 19.0 Å². The number of methoxy groups -OCH3 is 1. The van der Waals surface area contributed by atoms with Crippen LogP contribution in [0.3, 0.4) is 0 Å². The molecule has 0 saturated carbocycles. The summed E-state index contributed by atoms with van der Waals surface area (Å²) >= 11 is 0. The molecular weight excluding hydrogens is 334 g/mol. The van der Waals surface area contributed by atoms with Crippen LogP contribution in [0.5, 0.6) is 5.75 Å². The number of hydrogen-bond donors (Lipinski definition) is 5. The van der Waals surface area contributed by atoms with Crippen LogP contribution in [-0.4, -0.2) is 70.8 Å². The number of ether oxygens (including phenoxy) is 3. The lowest BCUT2D eigenvalue weighted by atomic mass is 9.99. The summed E-state index contributed by atoms with van der Waals surface area (Å²) in [4.78, 5) is 11.1. The number of carboxylic acids is 1. The summed E-state index contributed by atoms with van der Waals surface area (Å²) in [6.45, 7) is 2.88. The molecule has 9 nitrogen and oxygen atoms in total. The van der Waals surface area contributed by atoms with Crippen molar-refractivity contribution in [1.82, 2.24) is 0 Å². The second kappa shape index (κ2) is 8.45. The van der Waals surface area contributed by atoms with E-state index in [-0.39, 0.29) is 0 Å². The summed E-state index contributed by atoms with van der Waals surface area (Å²) < 4.78 is 15.8. The molecule has 25 heavy (non-hydrogen) atoms. The van der Waals surface area contributed by atoms with E-state index >= 15 is 0 Å². The fourth-order valence-electron chi connectivity index (χ4n) is 2.54. The van der Waals surface area contributed by atoms with Gasteiger partial charge in [-0.3, -0.25) is 0 Å². The largest absolute Gasteiger partial charge is 0.479 e. The molecule has 2 rings (SSSR count). The molecule has 0 amide bonds. The Labute approximate surface area is 144 Å². The number of anilines is 1. The van der Waals surface area contributed by atoms with E-state index < -0.39 is 36.7 Å². The molecule has 1 heterocycles. The van der Waals surface area contributed by atoms with Gasteiger partial charge in [0.15, 0.2) is 6.10 Å². The van der Waals surface area contributed by atoms with Crippen molar-refractivity contribution in [3.05, 3.63) is 23.8 Å². The number of aliphatic hydroxyl groups is 3. The second-order valence-corrected chi connectivity index (χ2v) is 5.65. The smallest absolute Gasteiger partial charge is 0.335 e. The van der Waals surface area contributed by atoms with Gasteiger partial charge in [0.1, 0.15) is 24.1 Å². The van der Waals surface area contributed by atoms with Crippen LogP contribution in [0.1, 0.15) is 12.5 Å². The predicted octanol–water partition coefficient (Wildman–Crippen LogP) is -0.464. The van der Waals surface area contributed by atoms with Crippen LogP contribution in [0.4, 0.5) is 5.69 Å². The Morgan fingerprint density at radius 1 is 1.24 bits per heavy atom. The van der Waals surface area contributed by atoms with Crippen LogP contribution in [0.25, 0.3) is 0 Å². The van der Waals surface area contributed by atoms with Crippen LogP contribution >= 0.6 is 0 Å². The Kier molecular flexibility index (Phi) is 6.57. The second-order valence-electron chi connectivity index (χ2n) is 5.65. The molecule has 0 radical (unpaired) electrons. The van der Waals surface area contributed by atoms with Crippen LogP contribution in [-0.2, 0) is 20.9 Å². The minimum atomic E-state index is -1.76. The topological polar surface area (TPSA) is 138 Å². The Balaban J connectivity index is 2.23. The molecule has 1 saturated heterocycles. The first kappa shape index (κ1) is 19.4. The molecule has 0 spiro atoms. The Hall–Kier alpha value is -1.91. The number of hydrogen-bond acceptors (Lipinski definition) is 8. The van der Waals surface area contributed by atoms with Gasteiger partial charge in [-0.2, -0.15) is 0 Å². The summed E-state index contributed by atoms with van der Waals surface area (Å²) in [6.07, 6.45) is -8.25. The zero-order chi connectivity index (χ0) is 18.6. The molecule has 0 aromatic heterocycles. The minimum absolute atomic E-state index is 0.304. The van der Waals surface area contributed by atoms with Gasteiger partial charge in [-0.05, 0) is 24.6 Å². The zero-order valence-electron chi connectivity index (χ0n) is 14.0. The number of aliphatic hydroxyl groups excluding tert-OH is 3. The van der Waals surface area contributed by atoms with Crippen LogP contribution in [0.2, 0.25) is 0 Å². The summed E-state index contributed by atoms with van der Waals surface area (Å²) in [6, 6.07) is 5.15. The molecule has 5 atom stereocenters. The standard InChI is InChI=1S/C16H23NO8/c1-3-17-9-6-8(7-23-2)4-5-10(9)24-16-13(20)11(18)12(19)14(25-16)15(21)22/h4-6,11-14,16-20H,3,7H2,1-2H3,(H,21,22). The first-order chi connectivity index (χ1) is 11.9. The number of nitrogens with one attached hydrogen (secondary N) is 1. The Morgan fingerprint density at radius 2 is 1.96 bits per heavy atom. The van der Waals surface area contributed by atoms with Crippen molar-refractivity contribution in [1.29, 1.82) is 0 Å². The summed E-state index contributed by atoms with van der Waals surface area (Å²) in [5.74, 6) is -1.16. The monoisotopic (exact) mass is 357 g/mol. The maximum atomic E-state index is 11.1. The van der Waals surface area contributed by atoms with Gasteiger partial charge < -0.3 is 40.0 Å². The van der Waals surface area contributed by atoms with E-state index in [0.29, 0.717) is 24.6 Å². The number of carboxylic acid groups (broad SMARTS) is 1. The maximum Gasteiger partial charge on any atom is 0.335 e. The number of rotatable bonds is 7. The van der Waals surface area contributed by atoms with Crippen molar-refractivity contribution < 1.29 is 39.4 Å². The van der Waals surface area contributed by atoms with Gasteiger partial charge in [-0.15, -0.1) is 0 Å². The van der Waals surface area contributed by atoms with E-state index in [1.165, 1.54) is 0 Å². The molecule has 1 aromatic carbocycles. The molecule has 0 aliphatic carbocycles. The van der Waals surface area contributed by atoms with Crippen molar-refractivity contribution in [2.24, 2.45) is 0 Å². The van der Waals surface area contributed by atoms with Gasteiger partial charge in [-0.25, -0.2) is 4.79 Å². The predicted molar refractivity (Wildman–Crippen MR) is 86.3 cm³/mol. The van der Waals surface area contributed by atoms with Crippen molar-refractivity contribution >= 4 is 11.7 Å². The van der Waals surface area contributed by atoms with Gasteiger partial charge in [0, 0.05) is 13.7 Å². The zero-order valence-corrected chi connectivity index (χ0v) is 14.0. The number of aliphatic carboxylic acids is 1. The molecule has 1 aromatic rings. The summed E-state index contributed by atoms with van der Waals surface area (Å²) in [5, 5.41) is 41.7. The van der Waals surface area contributed by atoms with E-state index in [4.69, 9.17) is 19.3 Å². The number of benzene rings is 1. The van der Waals surface area contributed by atoms with E-state index in [0.717, 1.165) is 5.56 Å². The number of carbonyl (C=O) groups is 1. The highest BCUT2D eigenvalue weighted by molar-refractivity contribution is 5.73. The molecule has 1 aliphatic heterocycles. The molecule has 140 valence electrons. The Bertz CT molecular complexity index is 595. The van der Waals surface area contributed by atoms with Gasteiger partial charge in [0.2, 0.25) is 6.29 Å². The highest BCUT2D eigenvalue weighted by Crippen LogP contribution is 2.30. The lowest BCUT2D eigenvalue weighted by molar-refractivity contribution is -0.271. The van der Waals surface area contributed by atoms with E-state index in [2.05, 4.69) is 5.32 Å². The summed E-state index contributed by atoms with van der Waals surface area (Å²) in [7, 11) is 1.57. The maximum absolute atomic E-state index is 11.1. The highest BCUT2D eigenvalue weighted by atomic mass is 16.7. The average molecular weight is 357 g/mol.